The third-order valence-electron chi connectivity index (χ3n) is 2.79. The van der Waals surface area contributed by atoms with Gasteiger partial charge in [-0.25, -0.2) is 4.79 Å². The standard InChI is InChI=1S/C14H12O4S2/c15-14(16)13-5-10(8-20-13)19-7-9-6-17-11-3-1-2-4-12(11)18-9/h1-5,8-9H,6-7H2,(H,15,16). The molecule has 0 spiro atoms. The van der Waals surface area contributed by atoms with Crippen molar-refractivity contribution in [3.05, 3.63) is 40.6 Å². The molecule has 1 aromatic heterocycles. The average molecular weight is 308 g/mol. The lowest BCUT2D eigenvalue weighted by molar-refractivity contribution is 0.0702. The van der Waals surface area contributed by atoms with Gasteiger partial charge < -0.3 is 14.6 Å². The van der Waals surface area contributed by atoms with Crippen molar-refractivity contribution in [1.29, 1.82) is 0 Å². The molecule has 0 saturated heterocycles. The number of hydrogen-bond acceptors (Lipinski definition) is 5. The van der Waals surface area contributed by atoms with Crippen LogP contribution in [-0.4, -0.2) is 29.5 Å². The Labute approximate surface area is 124 Å². The van der Waals surface area contributed by atoms with Gasteiger partial charge in [0.05, 0.1) is 0 Å². The number of carboxylic acids is 1. The second kappa shape index (κ2) is 5.76. The minimum absolute atomic E-state index is 0.0249. The Balaban J connectivity index is 1.58. The van der Waals surface area contributed by atoms with Gasteiger partial charge in [0.15, 0.2) is 11.5 Å². The van der Waals surface area contributed by atoms with Gasteiger partial charge in [0, 0.05) is 16.0 Å². The summed E-state index contributed by atoms with van der Waals surface area (Å²) >= 11 is 2.82. The summed E-state index contributed by atoms with van der Waals surface area (Å²) in [5.41, 5.74) is 0. The van der Waals surface area contributed by atoms with Crippen LogP contribution in [0.1, 0.15) is 9.67 Å². The molecule has 4 nitrogen and oxygen atoms in total. The molecule has 6 heteroatoms. The molecule has 0 radical (unpaired) electrons. The lowest BCUT2D eigenvalue weighted by Crippen LogP contribution is -2.31. The van der Waals surface area contributed by atoms with Crippen molar-refractivity contribution >= 4 is 29.1 Å². The summed E-state index contributed by atoms with van der Waals surface area (Å²) in [6.45, 7) is 0.514. The van der Waals surface area contributed by atoms with Gasteiger partial charge in [0.1, 0.15) is 17.6 Å². The Morgan fingerprint density at radius 2 is 2.20 bits per heavy atom. The van der Waals surface area contributed by atoms with Crippen LogP contribution in [0.2, 0.25) is 0 Å². The van der Waals surface area contributed by atoms with Gasteiger partial charge in [-0.15, -0.1) is 23.1 Å². The van der Waals surface area contributed by atoms with E-state index in [2.05, 4.69) is 0 Å². The monoisotopic (exact) mass is 308 g/mol. The average Bonchev–Trinajstić information content (AvgIpc) is 2.94. The van der Waals surface area contributed by atoms with E-state index >= 15 is 0 Å². The maximum atomic E-state index is 10.8. The first-order valence-electron chi connectivity index (χ1n) is 6.05. The molecule has 2 aromatic rings. The Morgan fingerprint density at radius 1 is 1.40 bits per heavy atom. The van der Waals surface area contributed by atoms with Gasteiger partial charge in [-0.05, 0) is 18.2 Å². The van der Waals surface area contributed by atoms with Crippen molar-refractivity contribution in [2.45, 2.75) is 11.0 Å². The maximum Gasteiger partial charge on any atom is 0.345 e. The normalized spacial score (nSPS) is 16.9. The minimum atomic E-state index is -0.881. The zero-order valence-electron chi connectivity index (χ0n) is 10.4. The molecule has 0 amide bonds. The van der Waals surface area contributed by atoms with E-state index in [4.69, 9.17) is 14.6 Å². The fourth-order valence-corrected chi connectivity index (χ4v) is 3.68. The van der Waals surface area contributed by atoms with E-state index < -0.39 is 5.97 Å². The number of hydrogen-bond donors (Lipinski definition) is 1. The molecule has 20 heavy (non-hydrogen) atoms. The van der Waals surface area contributed by atoms with Crippen LogP contribution in [0, 0.1) is 0 Å². The second-order valence-corrected chi connectivity index (χ2v) is 6.27. The predicted molar refractivity (Wildman–Crippen MR) is 78.4 cm³/mol. The van der Waals surface area contributed by atoms with Gasteiger partial charge in [0.25, 0.3) is 0 Å². The van der Waals surface area contributed by atoms with Crippen LogP contribution in [0.25, 0.3) is 0 Å². The lowest BCUT2D eigenvalue weighted by Gasteiger charge is -2.26. The third-order valence-corrected chi connectivity index (χ3v) is 4.96. The van der Waals surface area contributed by atoms with Gasteiger partial charge in [0.2, 0.25) is 0 Å². The second-order valence-electron chi connectivity index (χ2n) is 4.26. The summed E-state index contributed by atoms with van der Waals surface area (Å²) in [5, 5.41) is 10.7. The Bertz CT molecular complexity index is 623. The fraction of sp³-hybridized carbons (Fsp3) is 0.214. The zero-order chi connectivity index (χ0) is 13.9. The first-order valence-corrected chi connectivity index (χ1v) is 7.92. The topological polar surface area (TPSA) is 55.8 Å². The summed E-state index contributed by atoms with van der Waals surface area (Å²) in [6, 6.07) is 9.29. The van der Waals surface area contributed by atoms with E-state index in [9.17, 15) is 4.79 Å². The van der Waals surface area contributed by atoms with E-state index in [1.54, 1.807) is 17.8 Å². The molecule has 2 heterocycles. The molecular formula is C14H12O4S2. The number of aromatic carboxylic acids is 1. The van der Waals surface area contributed by atoms with Crippen molar-refractivity contribution in [2.24, 2.45) is 0 Å². The van der Waals surface area contributed by atoms with Gasteiger partial charge in [-0.3, -0.25) is 0 Å². The number of para-hydroxylation sites is 2. The number of rotatable bonds is 4. The molecule has 1 N–H and O–H groups in total. The highest BCUT2D eigenvalue weighted by Gasteiger charge is 2.21. The lowest BCUT2D eigenvalue weighted by atomic mass is 10.3. The molecule has 3 rings (SSSR count). The molecule has 1 aliphatic rings. The predicted octanol–water partition coefficient (Wildman–Crippen LogP) is 3.38. The Morgan fingerprint density at radius 3 is 2.95 bits per heavy atom. The summed E-state index contributed by atoms with van der Waals surface area (Å²) in [6.07, 6.45) is -0.0249. The molecule has 1 aliphatic heterocycles. The van der Waals surface area contributed by atoms with Crippen LogP contribution in [-0.2, 0) is 0 Å². The first kappa shape index (κ1) is 13.3. The quantitative estimate of drug-likeness (QED) is 0.878. The van der Waals surface area contributed by atoms with Crippen LogP contribution >= 0.6 is 23.1 Å². The molecule has 0 saturated carbocycles. The van der Waals surface area contributed by atoms with Crippen LogP contribution < -0.4 is 9.47 Å². The summed E-state index contributed by atoms with van der Waals surface area (Å²) in [5.74, 6) is 1.38. The summed E-state index contributed by atoms with van der Waals surface area (Å²) in [7, 11) is 0. The number of ether oxygens (including phenoxy) is 2. The molecule has 1 unspecified atom stereocenters. The molecule has 1 atom stereocenters. The minimum Gasteiger partial charge on any atom is -0.486 e. The van der Waals surface area contributed by atoms with E-state index in [-0.39, 0.29) is 6.10 Å². The van der Waals surface area contributed by atoms with E-state index in [1.807, 2.05) is 29.6 Å². The number of carboxylic acid groups (broad SMARTS) is 1. The number of benzene rings is 1. The van der Waals surface area contributed by atoms with E-state index in [0.717, 1.165) is 22.1 Å². The Kier molecular flexibility index (Phi) is 3.84. The highest BCUT2D eigenvalue weighted by molar-refractivity contribution is 7.99. The molecule has 1 aromatic carbocycles. The highest BCUT2D eigenvalue weighted by Crippen LogP contribution is 2.33. The van der Waals surface area contributed by atoms with Crippen LogP contribution in [0.15, 0.2) is 40.6 Å². The molecule has 104 valence electrons. The highest BCUT2D eigenvalue weighted by atomic mass is 32.2. The van der Waals surface area contributed by atoms with Crippen LogP contribution in [0.4, 0.5) is 0 Å². The van der Waals surface area contributed by atoms with Crippen molar-refractivity contribution in [1.82, 2.24) is 0 Å². The van der Waals surface area contributed by atoms with Gasteiger partial charge >= 0.3 is 5.97 Å². The first-order chi connectivity index (χ1) is 9.72. The zero-order valence-corrected chi connectivity index (χ0v) is 12.1. The maximum absolute atomic E-state index is 10.8. The van der Waals surface area contributed by atoms with Crippen molar-refractivity contribution in [3.63, 3.8) is 0 Å². The van der Waals surface area contributed by atoms with Gasteiger partial charge in [-0.1, -0.05) is 12.1 Å². The van der Waals surface area contributed by atoms with Crippen molar-refractivity contribution in [3.8, 4) is 11.5 Å². The third kappa shape index (κ3) is 2.91. The van der Waals surface area contributed by atoms with E-state index in [1.165, 1.54) is 11.3 Å². The van der Waals surface area contributed by atoms with E-state index in [0.29, 0.717) is 11.5 Å². The largest absolute Gasteiger partial charge is 0.486 e. The summed E-state index contributed by atoms with van der Waals surface area (Å²) < 4.78 is 11.5. The Hall–Kier alpha value is -1.66. The SMILES string of the molecule is O=C(O)c1cc(SCC2COc3ccccc3O2)cs1. The van der Waals surface area contributed by atoms with Crippen molar-refractivity contribution < 1.29 is 19.4 Å². The van der Waals surface area contributed by atoms with Crippen LogP contribution in [0.5, 0.6) is 11.5 Å². The number of thioether (sulfide) groups is 1. The van der Waals surface area contributed by atoms with Gasteiger partial charge in [-0.2, -0.15) is 0 Å². The van der Waals surface area contributed by atoms with Crippen LogP contribution in [0.3, 0.4) is 0 Å². The molecule has 0 aliphatic carbocycles. The number of thiophene rings is 1. The van der Waals surface area contributed by atoms with Crippen molar-refractivity contribution in [2.75, 3.05) is 12.4 Å². The fourth-order valence-electron chi connectivity index (χ4n) is 1.84. The summed E-state index contributed by atoms with van der Waals surface area (Å²) in [4.78, 5) is 12.1. The molecule has 0 bridgehead atoms. The number of carbonyl (C=O) groups is 1. The molecule has 0 fully saturated rings. The smallest absolute Gasteiger partial charge is 0.345 e. The molecular weight excluding hydrogens is 296 g/mol. The number of fused-ring (bicyclic) bond motifs is 1.